The third kappa shape index (κ3) is 12200. The van der Waals surface area contributed by atoms with Crippen LogP contribution in [0.15, 0.2) is 0 Å². The van der Waals surface area contributed by atoms with E-state index >= 15 is 0 Å². The molecular formula is H14Na2O14Si3. The van der Waals surface area contributed by atoms with Crippen molar-refractivity contribution in [3.63, 3.8) is 0 Å². The molecule has 0 rings (SSSR count). The summed E-state index contributed by atoms with van der Waals surface area (Å²) in [6.07, 6.45) is 0. The van der Waals surface area contributed by atoms with Gasteiger partial charge in [0.2, 0.25) is 0 Å². The molecule has 0 saturated heterocycles. The van der Waals surface area contributed by atoms with Gasteiger partial charge < -0.3 is 60.6 Å². The van der Waals surface area contributed by atoms with Gasteiger partial charge in [-0.3, -0.25) is 8.92 Å². The van der Waals surface area contributed by atoms with Gasteiger partial charge in [0.05, 0.1) is 0 Å². The Bertz CT molecular complexity index is 118. The molecule has 0 spiro atoms. The largest absolute Gasteiger partial charge is 1.00 e. The van der Waals surface area contributed by atoms with Crippen molar-refractivity contribution in [2.24, 2.45) is 0 Å². The summed E-state index contributed by atoms with van der Waals surface area (Å²) >= 11 is 0. The summed E-state index contributed by atoms with van der Waals surface area (Å²) in [6, 6.07) is 0. The van der Waals surface area contributed by atoms with E-state index in [4.69, 9.17) is 42.2 Å². The van der Waals surface area contributed by atoms with Crippen LogP contribution in [0, 0.1) is 0 Å². The first kappa shape index (κ1) is 73.4. The summed E-state index contributed by atoms with van der Waals surface area (Å²) in [6.45, 7) is 0. The molecule has 0 saturated carbocycles. The van der Waals surface area contributed by atoms with Crippen molar-refractivity contribution < 1.29 is 129 Å². The molecule has 0 aliphatic rings. The van der Waals surface area contributed by atoms with Gasteiger partial charge in [-0.2, -0.15) is 0 Å². The Balaban J connectivity index is -0.00000000675. The Morgan fingerprint density at radius 3 is 0.579 bits per heavy atom. The fraction of sp³-hybridized carbons (Fsp3) is 0. The van der Waals surface area contributed by atoms with E-state index in [0.29, 0.717) is 0 Å². The molecule has 0 aromatic carbocycles. The zero-order valence-corrected chi connectivity index (χ0v) is 16.8. The molecule has 0 aliphatic heterocycles. The van der Waals surface area contributed by atoms with Gasteiger partial charge in [0.25, 0.3) is 0 Å². The predicted octanol–water partition coefficient (Wildman–Crippen LogP) is -16.2. The molecule has 14 N–H and O–H groups in total. The molecule has 19 heteroatoms. The molecule has 0 aromatic heterocycles. The van der Waals surface area contributed by atoms with E-state index in [2.05, 4.69) is 0 Å². The first-order valence-corrected chi connectivity index (χ1v) is 5.75. The van der Waals surface area contributed by atoms with E-state index in [1.807, 2.05) is 0 Å². The maximum absolute atomic E-state index is 8.74. The van der Waals surface area contributed by atoms with Crippen LogP contribution >= 0.6 is 0 Å². The second-order valence-corrected chi connectivity index (χ2v) is 2.45. The summed E-state index contributed by atoms with van der Waals surface area (Å²) in [7, 11) is -9.89. The number of hydrogen-bond acceptors (Lipinski definition) is 5. The predicted molar refractivity (Wildman–Crippen MR) is 46.3 cm³/mol. The van der Waals surface area contributed by atoms with Gasteiger partial charge in [-0.1, -0.05) is 0 Å². The molecule has 112 valence electrons. The standard InChI is InChI=1S/2Na.2H2O3Si.O3Si.5H2O/c;;3*1-4(2)3;;;;;/h;;2*1-2H;;5*1H2/q2*+1;;;-2;;;;;. The van der Waals surface area contributed by atoms with Crippen LogP contribution < -0.4 is 68.7 Å². The van der Waals surface area contributed by atoms with Crippen molar-refractivity contribution in [2.75, 3.05) is 0 Å². The van der Waals surface area contributed by atoms with Gasteiger partial charge in [-0.25, -0.2) is 0 Å². The van der Waals surface area contributed by atoms with Crippen LogP contribution in [0.3, 0.4) is 0 Å². The molecule has 0 amide bonds. The molecule has 0 aliphatic carbocycles. The van der Waals surface area contributed by atoms with Crippen LogP contribution in [-0.2, 0) is 13.4 Å². The summed E-state index contributed by atoms with van der Waals surface area (Å²) in [4.78, 5) is 45.7. The minimum Gasteiger partial charge on any atom is -0.672 e. The molecule has 0 bridgehead atoms. The molecule has 0 atom stereocenters. The molecule has 19 heavy (non-hydrogen) atoms. The van der Waals surface area contributed by atoms with E-state index < -0.39 is 27.5 Å². The first-order chi connectivity index (χ1) is 5.20. The normalized spacial score (nSPS) is 3.79. The first-order valence-electron chi connectivity index (χ1n) is 1.92. The smallest absolute Gasteiger partial charge is 0.672 e. The van der Waals surface area contributed by atoms with E-state index in [0.717, 1.165) is 0 Å². The molecule has 0 aromatic rings. The van der Waals surface area contributed by atoms with E-state index in [9.17, 15) is 0 Å². The third-order valence-electron chi connectivity index (χ3n) is 0. The van der Waals surface area contributed by atoms with Crippen molar-refractivity contribution in [3.8, 4) is 0 Å². The Labute approximate surface area is 155 Å². The van der Waals surface area contributed by atoms with E-state index in [1.54, 1.807) is 0 Å². The van der Waals surface area contributed by atoms with Crippen LogP contribution in [0.4, 0.5) is 0 Å². The van der Waals surface area contributed by atoms with Gasteiger partial charge in [-0.15, -0.1) is 0 Å². The topological polar surface area (TPSA) is 336 Å². The maximum Gasteiger partial charge on any atom is 1.00 e. The van der Waals surface area contributed by atoms with Crippen LogP contribution in [-0.4, -0.2) is 74.1 Å². The van der Waals surface area contributed by atoms with Gasteiger partial charge in [0, 0.05) is 9.17 Å². The van der Waals surface area contributed by atoms with Crippen LogP contribution in [0.5, 0.6) is 0 Å². The molecule has 0 radical (unpaired) electrons. The van der Waals surface area contributed by atoms with Crippen molar-refractivity contribution in [2.45, 2.75) is 0 Å². The van der Waals surface area contributed by atoms with Gasteiger partial charge in [0.15, 0.2) is 0 Å². The molecular weight excluding hydrogens is 354 g/mol. The maximum atomic E-state index is 8.74. The zero-order valence-electron chi connectivity index (χ0n) is 9.83. The SMILES string of the molecule is O.O.O.O.O.O=[Si](O)O.O=[Si](O)O.O=[Si]([O-])[O-].[Na+].[Na+]. The monoisotopic (exact) mass is 368 g/mol. The minimum atomic E-state index is -3.63. The Morgan fingerprint density at radius 1 is 0.579 bits per heavy atom. The quantitative estimate of drug-likeness (QED) is 0.294. The molecule has 0 unspecified atom stereocenters. The fourth-order valence-electron chi connectivity index (χ4n) is 0. The van der Waals surface area contributed by atoms with E-state index in [1.165, 1.54) is 0 Å². The molecule has 0 fully saturated rings. The summed E-state index contributed by atoms with van der Waals surface area (Å²) in [5.74, 6) is 0. The van der Waals surface area contributed by atoms with Crippen molar-refractivity contribution in [1.29, 1.82) is 0 Å². The zero-order chi connectivity index (χ0) is 10.7. The Morgan fingerprint density at radius 2 is 0.579 bits per heavy atom. The van der Waals surface area contributed by atoms with Crippen LogP contribution in [0.25, 0.3) is 0 Å². The second-order valence-electron chi connectivity index (χ2n) is 0.815. The van der Waals surface area contributed by atoms with Crippen LogP contribution in [0.2, 0.25) is 0 Å². The Kier molecular flexibility index (Phi) is 241. The van der Waals surface area contributed by atoms with Crippen molar-refractivity contribution >= 4 is 27.5 Å². The number of hydrogen-bond donors (Lipinski definition) is 4. The average Bonchev–Trinajstić information content (AvgIpc) is 1.54. The summed E-state index contributed by atoms with van der Waals surface area (Å²) < 4.78 is 26.0. The summed E-state index contributed by atoms with van der Waals surface area (Å²) in [5, 5.41) is 0. The third-order valence-corrected chi connectivity index (χ3v) is 0. The van der Waals surface area contributed by atoms with Crippen LogP contribution in [0.1, 0.15) is 0 Å². The Hall–Kier alpha value is 0.651. The summed E-state index contributed by atoms with van der Waals surface area (Å²) in [5.41, 5.74) is 0. The van der Waals surface area contributed by atoms with Gasteiger partial charge >= 0.3 is 77.5 Å². The van der Waals surface area contributed by atoms with E-state index in [-0.39, 0.29) is 86.5 Å². The minimum absolute atomic E-state index is 0. The molecule has 0 heterocycles. The van der Waals surface area contributed by atoms with Gasteiger partial charge in [0.1, 0.15) is 0 Å². The molecule has 14 nitrogen and oxygen atoms in total. The van der Waals surface area contributed by atoms with Gasteiger partial charge in [-0.05, 0) is 0 Å². The van der Waals surface area contributed by atoms with Crippen molar-refractivity contribution in [1.82, 2.24) is 0 Å². The number of rotatable bonds is 0. The second kappa shape index (κ2) is 62.4. The van der Waals surface area contributed by atoms with Crippen molar-refractivity contribution in [3.05, 3.63) is 0 Å². The fourth-order valence-corrected chi connectivity index (χ4v) is 0. The average molecular weight is 368 g/mol.